The Morgan fingerprint density at radius 1 is 1.40 bits per heavy atom. The molecule has 1 saturated heterocycles. The van der Waals surface area contributed by atoms with Crippen LogP contribution >= 0.6 is 0 Å². The van der Waals surface area contributed by atoms with Gasteiger partial charge >= 0.3 is 0 Å². The largest absolute Gasteiger partial charge is 0.390 e. The standard InChI is InChI=1S/C12H26N2O/c1-3-13-9-12(15)10-14-7-4-5-11(2)6-8-14/h11-13,15H,3-10H2,1-2H3. The van der Waals surface area contributed by atoms with E-state index in [0.29, 0.717) is 0 Å². The average molecular weight is 214 g/mol. The van der Waals surface area contributed by atoms with Crippen molar-refractivity contribution in [3.8, 4) is 0 Å². The van der Waals surface area contributed by atoms with E-state index in [1.165, 1.54) is 19.3 Å². The second-order valence-corrected chi connectivity index (χ2v) is 4.80. The maximum absolute atomic E-state index is 9.79. The molecule has 0 aromatic carbocycles. The molecular formula is C12H26N2O. The predicted octanol–water partition coefficient (Wildman–Crippen LogP) is 1.08. The van der Waals surface area contributed by atoms with Crippen molar-refractivity contribution in [3.63, 3.8) is 0 Å². The Labute approximate surface area is 93.9 Å². The molecule has 2 N–H and O–H groups in total. The van der Waals surface area contributed by atoms with Gasteiger partial charge in [-0.2, -0.15) is 0 Å². The molecule has 90 valence electrons. The molecule has 0 amide bonds. The highest BCUT2D eigenvalue weighted by atomic mass is 16.3. The fourth-order valence-corrected chi connectivity index (χ4v) is 2.18. The summed E-state index contributed by atoms with van der Waals surface area (Å²) in [5.41, 5.74) is 0. The van der Waals surface area contributed by atoms with Crippen molar-refractivity contribution < 1.29 is 5.11 Å². The molecule has 1 heterocycles. The van der Waals surface area contributed by atoms with Gasteiger partial charge in [0, 0.05) is 13.1 Å². The highest BCUT2D eigenvalue weighted by molar-refractivity contribution is 4.71. The van der Waals surface area contributed by atoms with Gasteiger partial charge in [-0.15, -0.1) is 0 Å². The summed E-state index contributed by atoms with van der Waals surface area (Å²) < 4.78 is 0. The van der Waals surface area contributed by atoms with Crippen LogP contribution in [0.4, 0.5) is 0 Å². The highest BCUT2D eigenvalue weighted by Crippen LogP contribution is 2.16. The molecule has 15 heavy (non-hydrogen) atoms. The summed E-state index contributed by atoms with van der Waals surface area (Å²) in [6.07, 6.45) is 3.71. The first kappa shape index (κ1) is 12.9. The number of rotatable bonds is 5. The van der Waals surface area contributed by atoms with Gasteiger partial charge in [0.15, 0.2) is 0 Å². The summed E-state index contributed by atoms with van der Waals surface area (Å²) in [7, 11) is 0. The minimum atomic E-state index is -0.210. The van der Waals surface area contributed by atoms with Crippen LogP contribution in [0.5, 0.6) is 0 Å². The highest BCUT2D eigenvalue weighted by Gasteiger charge is 2.16. The molecule has 0 aromatic heterocycles. The van der Waals surface area contributed by atoms with Crippen molar-refractivity contribution in [3.05, 3.63) is 0 Å². The summed E-state index contributed by atoms with van der Waals surface area (Å²) in [6.45, 7) is 9.22. The molecule has 3 heteroatoms. The summed E-state index contributed by atoms with van der Waals surface area (Å²) in [5.74, 6) is 0.862. The Morgan fingerprint density at radius 2 is 2.20 bits per heavy atom. The van der Waals surface area contributed by atoms with Crippen molar-refractivity contribution in [1.29, 1.82) is 0 Å². The third-order valence-electron chi connectivity index (χ3n) is 3.21. The third kappa shape index (κ3) is 5.50. The molecule has 3 nitrogen and oxygen atoms in total. The maximum Gasteiger partial charge on any atom is 0.0791 e. The molecular weight excluding hydrogens is 188 g/mol. The number of nitrogens with zero attached hydrogens (tertiary/aromatic N) is 1. The van der Waals surface area contributed by atoms with E-state index in [9.17, 15) is 5.11 Å². The summed E-state index contributed by atoms with van der Waals surface area (Å²) >= 11 is 0. The van der Waals surface area contributed by atoms with E-state index in [-0.39, 0.29) is 6.10 Å². The van der Waals surface area contributed by atoms with Gasteiger partial charge in [0.05, 0.1) is 6.10 Å². The lowest BCUT2D eigenvalue weighted by molar-refractivity contribution is 0.113. The Balaban J connectivity index is 2.18. The quantitative estimate of drug-likeness (QED) is 0.719. The smallest absolute Gasteiger partial charge is 0.0791 e. The molecule has 1 aliphatic rings. The minimum absolute atomic E-state index is 0.210. The zero-order valence-corrected chi connectivity index (χ0v) is 10.2. The van der Waals surface area contributed by atoms with E-state index in [1.807, 2.05) is 0 Å². The molecule has 1 aliphatic heterocycles. The fraction of sp³-hybridized carbons (Fsp3) is 1.00. The Morgan fingerprint density at radius 3 is 2.93 bits per heavy atom. The van der Waals surface area contributed by atoms with Gasteiger partial charge in [-0.05, 0) is 44.8 Å². The maximum atomic E-state index is 9.79. The van der Waals surface area contributed by atoms with Crippen LogP contribution in [-0.4, -0.2) is 48.8 Å². The second-order valence-electron chi connectivity index (χ2n) is 4.80. The van der Waals surface area contributed by atoms with Crippen LogP contribution in [0.3, 0.4) is 0 Å². The molecule has 2 atom stereocenters. The summed E-state index contributed by atoms with van der Waals surface area (Å²) in [6, 6.07) is 0. The van der Waals surface area contributed by atoms with Crippen LogP contribution in [-0.2, 0) is 0 Å². The molecule has 0 spiro atoms. The number of hydrogen-bond donors (Lipinski definition) is 2. The SMILES string of the molecule is CCNCC(O)CN1CCCC(C)CC1. The molecule has 0 saturated carbocycles. The topological polar surface area (TPSA) is 35.5 Å². The van der Waals surface area contributed by atoms with Crippen molar-refractivity contribution in [2.45, 2.75) is 39.2 Å². The number of hydrogen-bond acceptors (Lipinski definition) is 3. The molecule has 1 fully saturated rings. The first-order chi connectivity index (χ1) is 7.22. The molecule has 0 aliphatic carbocycles. The van der Waals surface area contributed by atoms with Crippen LogP contribution in [0.1, 0.15) is 33.1 Å². The van der Waals surface area contributed by atoms with Crippen LogP contribution in [0, 0.1) is 5.92 Å². The van der Waals surface area contributed by atoms with E-state index in [1.54, 1.807) is 0 Å². The Kier molecular flexibility index (Phi) is 6.22. The lowest BCUT2D eigenvalue weighted by atomic mass is 10.0. The molecule has 0 radical (unpaired) electrons. The minimum Gasteiger partial charge on any atom is -0.390 e. The lowest BCUT2D eigenvalue weighted by Crippen LogP contribution is -2.38. The van der Waals surface area contributed by atoms with Crippen LogP contribution in [0.25, 0.3) is 0 Å². The number of likely N-dealkylation sites (N-methyl/N-ethyl adjacent to an activating group) is 1. The van der Waals surface area contributed by atoms with Gasteiger partial charge in [0.2, 0.25) is 0 Å². The molecule has 2 unspecified atom stereocenters. The molecule has 0 bridgehead atoms. The Bertz CT molecular complexity index is 164. The first-order valence-electron chi connectivity index (χ1n) is 6.33. The zero-order chi connectivity index (χ0) is 11.1. The fourth-order valence-electron chi connectivity index (χ4n) is 2.18. The number of aliphatic hydroxyl groups is 1. The predicted molar refractivity (Wildman–Crippen MR) is 64.0 cm³/mol. The molecule has 1 rings (SSSR count). The van der Waals surface area contributed by atoms with Crippen molar-refractivity contribution >= 4 is 0 Å². The van der Waals surface area contributed by atoms with Gasteiger partial charge in [-0.3, -0.25) is 0 Å². The van der Waals surface area contributed by atoms with E-state index < -0.39 is 0 Å². The summed E-state index contributed by atoms with van der Waals surface area (Å²) in [4.78, 5) is 2.41. The van der Waals surface area contributed by atoms with Crippen LogP contribution in [0.15, 0.2) is 0 Å². The van der Waals surface area contributed by atoms with Gasteiger partial charge in [-0.1, -0.05) is 13.8 Å². The van der Waals surface area contributed by atoms with Gasteiger partial charge in [0.1, 0.15) is 0 Å². The number of aliphatic hydroxyl groups excluding tert-OH is 1. The van der Waals surface area contributed by atoms with Crippen molar-refractivity contribution in [1.82, 2.24) is 10.2 Å². The molecule has 0 aromatic rings. The van der Waals surface area contributed by atoms with Gasteiger partial charge in [-0.25, -0.2) is 0 Å². The van der Waals surface area contributed by atoms with Crippen molar-refractivity contribution in [2.75, 3.05) is 32.7 Å². The van der Waals surface area contributed by atoms with E-state index in [4.69, 9.17) is 0 Å². The lowest BCUT2D eigenvalue weighted by Gasteiger charge is -2.23. The number of β-amino-alcohol motifs (C(OH)–C–C–N with tert-alkyl or cyclic N) is 1. The summed E-state index contributed by atoms with van der Waals surface area (Å²) in [5, 5.41) is 13.0. The third-order valence-corrected chi connectivity index (χ3v) is 3.21. The Hall–Kier alpha value is -0.120. The average Bonchev–Trinajstić information content (AvgIpc) is 2.41. The van der Waals surface area contributed by atoms with E-state index >= 15 is 0 Å². The zero-order valence-electron chi connectivity index (χ0n) is 10.2. The van der Waals surface area contributed by atoms with Crippen LogP contribution < -0.4 is 5.32 Å². The monoisotopic (exact) mass is 214 g/mol. The normalized spacial score (nSPS) is 26.2. The first-order valence-corrected chi connectivity index (χ1v) is 6.33. The number of likely N-dealkylation sites (tertiary alicyclic amines) is 1. The van der Waals surface area contributed by atoms with Gasteiger partial charge in [0.25, 0.3) is 0 Å². The number of nitrogens with one attached hydrogen (secondary N) is 1. The second kappa shape index (κ2) is 7.20. The van der Waals surface area contributed by atoms with E-state index in [0.717, 1.165) is 38.6 Å². The van der Waals surface area contributed by atoms with Crippen LogP contribution in [0.2, 0.25) is 0 Å². The van der Waals surface area contributed by atoms with Gasteiger partial charge < -0.3 is 15.3 Å². The van der Waals surface area contributed by atoms with Crippen molar-refractivity contribution in [2.24, 2.45) is 5.92 Å². The van der Waals surface area contributed by atoms with E-state index in [2.05, 4.69) is 24.1 Å².